The SMILES string of the molecule is CC(=O)NC1[C@H](OC2[C@@H](O)[C@H](O)C(C)O[C@@H]2O)OC(CO)[C@@H](O)[C@@H]1O. The number of hydrogen-bond donors (Lipinski definition) is 7. The van der Waals surface area contributed by atoms with Crippen molar-refractivity contribution in [2.75, 3.05) is 6.61 Å². The first kappa shape index (κ1) is 20.4. The molecule has 146 valence electrons. The molecule has 4 unspecified atom stereocenters. The predicted molar refractivity (Wildman–Crippen MR) is 78.8 cm³/mol. The predicted octanol–water partition coefficient (Wildman–Crippen LogP) is -4.23. The summed E-state index contributed by atoms with van der Waals surface area (Å²) in [6, 6.07) is -1.24. The average Bonchev–Trinajstić information content (AvgIpc) is 2.55. The quantitative estimate of drug-likeness (QED) is 0.257. The summed E-state index contributed by atoms with van der Waals surface area (Å²) in [6.07, 6.45) is -12.5. The lowest BCUT2D eigenvalue weighted by atomic mass is 9.96. The summed E-state index contributed by atoms with van der Waals surface area (Å²) >= 11 is 0. The highest BCUT2D eigenvalue weighted by Gasteiger charge is 2.50. The summed E-state index contributed by atoms with van der Waals surface area (Å²) in [6.45, 7) is 1.98. The van der Waals surface area contributed by atoms with E-state index in [-0.39, 0.29) is 0 Å². The van der Waals surface area contributed by atoms with Crippen LogP contribution in [0.5, 0.6) is 0 Å². The Morgan fingerprint density at radius 1 is 1.04 bits per heavy atom. The molecule has 0 aromatic heterocycles. The molecular weight excluding hydrogens is 342 g/mol. The minimum Gasteiger partial charge on any atom is -0.394 e. The van der Waals surface area contributed by atoms with E-state index in [1.54, 1.807) is 0 Å². The van der Waals surface area contributed by atoms with E-state index >= 15 is 0 Å². The Bertz CT molecular complexity index is 465. The molecule has 11 nitrogen and oxygen atoms in total. The van der Waals surface area contributed by atoms with Crippen molar-refractivity contribution in [3.8, 4) is 0 Å². The largest absolute Gasteiger partial charge is 0.394 e. The smallest absolute Gasteiger partial charge is 0.217 e. The molecule has 0 bridgehead atoms. The van der Waals surface area contributed by atoms with Gasteiger partial charge in [0, 0.05) is 6.92 Å². The minimum absolute atomic E-state index is 0.550. The van der Waals surface area contributed by atoms with Crippen molar-refractivity contribution < 1.29 is 49.6 Å². The maximum Gasteiger partial charge on any atom is 0.217 e. The Kier molecular flexibility index (Phi) is 6.70. The maximum absolute atomic E-state index is 11.3. The second kappa shape index (κ2) is 8.20. The van der Waals surface area contributed by atoms with Crippen molar-refractivity contribution in [2.24, 2.45) is 0 Å². The number of ether oxygens (including phenoxy) is 3. The molecule has 7 N–H and O–H groups in total. The van der Waals surface area contributed by atoms with Gasteiger partial charge in [0.05, 0.1) is 12.7 Å². The lowest BCUT2D eigenvalue weighted by Crippen LogP contribution is -2.67. The van der Waals surface area contributed by atoms with Crippen LogP contribution in [0.2, 0.25) is 0 Å². The number of rotatable bonds is 4. The number of hydrogen-bond acceptors (Lipinski definition) is 10. The van der Waals surface area contributed by atoms with Gasteiger partial charge in [-0.15, -0.1) is 0 Å². The van der Waals surface area contributed by atoms with Gasteiger partial charge in [-0.25, -0.2) is 0 Å². The van der Waals surface area contributed by atoms with Gasteiger partial charge in [-0.1, -0.05) is 0 Å². The van der Waals surface area contributed by atoms with Crippen LogP contribution in [0.25, 0.3) is 0 Å². The van der Waals surface area contributed by atoms with Crippen molar-refractivity contribution in [2.45, 2.75) is 75.2 Å². The van der Waals surface area contributed by atoms with Crippen molar-refractivity contribution in [3.05, 3.63) is 0 Å². The standard InChI is InChI=1S/C14H25NO10/c1-4-8(18)11(21)12(13(22)23-4)25-14-7(15-5(2)17)10(20)9(19)6(3-16)24-14/h4,6-14,16,18-22H,3H2,1-2H3,(H,15,17)/t4?,6?,7?,8-,9-,10-,11+,12?,13+,14+/m1/s1. The molecule has 0 aromatic carbocycles. The molecule has 2 aliphatic rings. The summed E-state index contributed by atoms with van der Waals surface area (Å²) in [5.74, 6) is -0.550. The molecule has 2 fully saturated rings. The van der Waals surface area contributed by atoms with Gasteiger partial charge < -0.3 is 50.2 Å². The first-order valence-electron chi connectivity index (χ1n) is 7.92. The Morgan fingerprint density at radius 3 is 2.24 bits per heavy atom. The zero-order valence-corrected chi connectivity index (χ0v) is 13.8. The number of carbonyl (C=O) groups excluding carboxylic acids is 1. The van der Waals surface area contributed by atoms with Crippen molar-refractivity contribution in [3.63, 3.8) is 0 Å². The van der Waals surface area contributed by atoms with E-state index in [0.717, 1.165) is 0 Å². The highest BCUT2D eigenvalue weighted by atomic mass is 16.7. The van der Waals surface area contributed by atoms with Gasteiger partial charge in [0.2, 0.25) is 5.91 Å². The van der Waals surface area contributed by atoms with Crippen LogP contribution in [0.15, 0.2) is 0 Å². The number of aliphatic hydroxyl groups excluding tert-OH is 6. The first-order valence-corrected chi connectivity index (χ1v) is 7.92. The monoisotopic (exact) mass is 367 g/mol. The Balaban J connectivity index is 2.19. The number of carbonyl (C=O) groups is 1. The van der Waals surface area contributed by atoms with Gasteiger partial charge >= 0.3 is 0 Å². The molecular formula is C14H25NO10. The highest BCUT2D eigenvalue weighted by Crippen LogP contribution is 2.28. The number of nitrogens with one attached hydrogen (secondary N) is 1. The molecule has 2 rings (SSSR count). The molecule has 25 heavy (non-hydrogen) atoms. The second-order valence-corrected chi connectivity index (χ2v) is 6.25. The van der Waals surface area contributed by atoms with E-state index in [1.807, 2.05) is 0 Å². The van der Waals surface area contributed by atoms with Crippen LogP contribution in [-0.4, -0.2) is 105 Å². The zero-order chi connectivity index (χ0) is 18.9. The van der Waals surface area contributed by atoms with Gasteiger partial charge in [-0.3, -0.25) is 4.79 Å². The van der Waals surface area contributed by atoms with Crippen LogP contribution in [0.3, 0.4) is 0 Å². The van der Waals surface area contributed by atoms with Gasteiger partial charge in [0.1, 0.15) is 42.7 Å². The topological polar surface area (TPSA) is 178 Å². The maximum atomic E-state index is 11.3. The third kappa shape index (κ3) is 4.27. The molecule has 0 radical (unpaired) electrons. The van der Waals surface area contributed by atoms with Crippen molar-refractivity contribution in [1.29, 1.82) is 0 Å². The fourth-order valence-corrected chi connectivity index (χ4v) is 2.91. The van der Waals surface area contributed by atoms with Gasteiger partial charge in [0.15, 0.2) is 12.6 Å². The lowest BCUT2D eigenvalue weighted by Gasteiger charge is -2.46. The van der Waals surface area contributed by atoms with Gasteiger partial charge in [0.25, 0.3) is 0 Å². The Hall–Kier alpha value is -0.890. The third-order valence-electron chi connectivity index (χ3n) is 4.34. The van der Waals surface area contributed by atoms with E-state index in [2.05, 4.69) is 5.32 Å². The van der Waals surface area contributed by atoms with Crippen LogP contribution in [0.1, 0.15) is 13.8 Å². The summed E-state index contributed by atoms with van der Waals surface area (Å²) < 4.78 is 15.8. The molecule has 1 amide bonds. The summed E-state index contributed by atoms with van der Waals surface area (Å²) in [5, 5.41) is 61.6. The fraction of sp³-hybridized carbons (Fsp3) is 0.929. The Morgan fingerprint density at radius 2 is 1.68 bits per heavy atom. The van der Waals surface area contributed by atoms with Gasteiger partial charge in [-0.05, 0) is 6.92 Å². The molecule has 2 aliphatic heterocycles. The summed E-state index contributed by atoms with van der Waals surface area (Å²) in [5.41, 5.74) is 0. The highest BCUT2D eigenvalue weighted by molar-refractivity contribution is 5.73. The van der Waals surface area contributed by atoms with Crippen LogP contribution in [-0.2, 0) is 19.0 Å². The molecule has 0 saturated carbocycles. The zero-order valence-electron chi connectivity index (χ0n) is 13.8. The molecule has 2 heterocycles. The molecule has 0 aromatic rings. The molecule has 11 heteroatoms. The van der Waals surface area contributed by atoms with Crippen molar-refractivity contribution >= 4 is 5.91 Å². The van der Waals surface area contributed by atoms with E-state index in [0.29, 0.717) is 0 Å². The van der Waals surface area contributed by atoms with E-state index in [9.17, 15) is 35.4 Å². The van der Waals surface area contributed by atoms with Crippen molar-refractivity contribution in [1.82, 2.24) is 5.32 Å². The number of amides is 1. The second-order valence-electron chi connectivity index (χ2n) is 6.25. The molecule has 0 spiro atoms. The molecule has 10 atom stereocenters. The van der Waals surface area contributed by atoms with E-state index in [4.69, 9.17) is 14.2 Å². The number of aliphatic hydroxyl groups is 6. The first-order chi connectivity index (χ1) is 11.7. The van der Waals surface area contributed by atoms with Crippen LogP contribution < -0.4 is 5.32 Å². The fourth-order valence-electron chi connectivity index (χ4n) is 2.91. The molecule has 0 aliphatic carbocycles. The van der Waals surface area contributed by atoms with Crippen LogP contribution in [0, 0.1) is 0 Å². The summed E-state index contributed by atoms with van der Waals surface area (Å²) in [4.78, 5) is 11.3. The van der Waals surface area contributed by atoms with Crippen LogP contribution in [0.4, 0.5) is 0 Å². The normalized spacial score (nSPS) is 48.2. The van der Waals surface area contributed by atoms with E-state index in [1.165, 1.54) is 13.8 Å². The lowest BCUT2D eigenvalue weighted by molar-refractivity contribution is -0.344. The molecule has 2 saturated heterocycles. The average molecular weight is 367 g/mol. The minimum atomic E-state index is -1.61. The third-order valence-corrected chi connectivity index (χ3v) is 4.34. The summed E-state index contributed by atoms with van der Waals surface area (Å²) in [7, 11) is 0. The van der Waals surface area contributed by atoms with E-state index < -0.39 is 73.9 Å². The Labute approximate surface area is 143 Å². The van der Waals surface area contributed by atoms with Crippen LogP contribution >= 0.6 is 0 Å². The van der Waals surface area contributed by atoms with Gasteiger partial charge in [-0.2, -0.15) is 0 Å².